The van der Waals surface area contributed by atoms with Crippen LogP contribution in [0.4, 0.5) is 0 Å². The predicted octanol–water partition coefficient (Wildman–Crippen LogP) is 4.80. The quantitative estimate of drug-likeness (QED) is 0.636. The van der Waals surface area contributed by atoms with Crippen molar-refractivity contribution in [1.82, 2.24) is 4.98 Å². The lowest BCUT2D eigenvalue weighted by Crippen LogP contribution is -1.94. The van der Waals surface area contributed by atoms with E-state index < -0.39 is 0 Å². The van der Waals surface area contributed by atoms with Crippen molar-refractivity contribution >= 4 is 22.5 Å². The molecule has 0 saturated carbocycles. The number of nitrogens with zero attached hydrogens (tertiary/aromatic N) is 2. The van der Waals surface area contributed by atoms with E-state index in [9.17, 15) is 5.26 Å². The van der Waals surface area contributed by atoms with E-state index in [4.69, 9.17) is 0 Å². The van der Waals surface area contributed by atoms with Crippen molar-refractivity contribution in [3.8, 4) is 17.3 Å². The van der Waals surface area contributed by atoms with Gasteiger partial charge >= 0.3 is 0 Å². The van der Waals surface area contributed by atoms with Gasteiger partial charge in [0, 0.05) is 10.5 Å². The molecule has 0 unspecified atom stereocenters. The number of aromatic nitrogens is 1. The van der Waals surface area contributed by atoms with Gasteiger partial charge in [-0.05, 0) is 36.1 Å². The summed E-state index contributed by atoms with van der Waals surface area (Å²) in [6.45, 7) is 1.89. The van der Waals surface area contributed by atoms with Gasteiger partial charge in [-0.1, -0.05) is 36.4 Å². The summed E-state index contributed by atoms with van der Waals surface area (Å²) in [5.74, 6) is 0. The van der Waals surface area contributed by atoms with Gasteiger partial charge in [0.1, 0.15) is 6.07 Å². The molecule has 102 valence electrons. The number of nitriles is 1. The lowest BCUT2D eigenvalue weighted by atomic mass is 10.0. The summed E-state index contributed by atoms with van der Waals surface area (Å²) in [5.41, 5.74) is 3.46. The molecule has 0 radical (unpaired) electrons. The second-order valence-electron chi connectivity index (χ2n) is 4.84. The van der Waals surface area contributed by atoms with Crippen LogP contribution in [0.5, 0.6) is 0 Å². The van der Waals surface area contributed by atoms with Crippen LogP contribution in [0.1, 0.15) is 11.3 Å². The molecule has 0 spiro atoms. The van der Waals surface area contributed by atoms with Crippen LogP contribution in [0.2, 0.25) is 0 Å². The zero-order chi connectivity index (χ0) is 14.8. The molecule has 0 saturated heterocycles. The molecule has 0 atom stereocenters. The average molecular weight is 290 g/mol. The lowest BCUT2D eigenvalue weighted by Gasteiger charge is -2.09. The molecule has 1 heterocycles. The van der Waals surface area contributed by atoms with E-state index in [1.807, 2.05) is 31.4 Å². The van der Waals surface area contributed by atoms with Gasteiger partial charge in [-0.15, -0.1) is 11.8 Å². The van der Waals surface area contributed by atoms with E-state index >= 15 is 0 Å². The van der Waals surface area contributed by atoms with Gasteiger partial charge in [0.2, 0.25) is 0 Å². The molecule has 3 rings (SSSR count). The molecule has 1 aromatic heterocycles. The molecule has 2 nitrogen and oxygen atoms in total. The highest BCUT2D eigenvalue weighted by atomic mass is 32.2. The third kappa shape index (κ3) is 2.51. The van der Waals surface area contributed by atoms with Crippen molar-refractivity contribution in [3.05, 3.63) is 59.8 Å². The van der Waals surface area contributed by atoms with Crippen molar-refractivity contribution in [2.45, 2.75) is 11.8 Å². The van der Waals surface area contributed by atoms with Crippen LogP contribution in [0, 0.1) is 18.3 Å². The van der Waals surface area contributed by atoms with Crippen LogP contribution in [0.25, 0.3) is 22.0 Å². The molecule has 0 fully saturated rings. The summed E-state index contributed by atoms with van der Waals surface area (Å²) in [6, 6.07) is 18.9. The first-order valence-electron chi connectivity index (χ1n) is 6.68. The third-order valence-corrected chi connectivity index (χ3v) is 4.30. The van der Waals surface area contributed by atoms with Gasteiger partial charge in [0.25, 0.3) is 0 Å². The second-order valence-corrected chi connectivity index (χ2v) is 5.69. The SMILES string of the molecule is CSc1cc(-c2ccc3ccccc3c2)nc(C)c1C#N. The highest BCUT2D eigenvalue weighted by Crippen LogP contribution is 2.29. The van der Waals surface area contributed by atoms with Crippen LogP contribution in [0.3, 0.4) is 0 Å². The molecule has 0 amide bonds. The van der Waals surface area contributed by atoms with Crippen LogP contribution in [0.15, 0.2) is 53.4 Å². The second kappa shape index (κ2) is 5.59. The first kappa shape index (κ1) is 13.7. The Morgan fingerprint density at radius 1 is 1.05 bits per heavy atom. The minimum Gasteiger partial charge on any atom is -0.252 e. The van der Waals surface area contributed by atoms with Crippen LogP contribution in [-0.4, -0.2) is 11.2 Å². The molecule has 0 N–H and O–H groups in total. The van der Waals surface area contributed by atoms with E-state index in [0.717, 1.165) is 21.8 Å². The normalized spacial score (nSPS) is 10.5. The van der Waals surface area contributed by atoms with Gasteiger partial charge in [0.05, 0.1) is 17.0 Å². The molecule has 0 aliphatic rings. The maximum absolute atomic E-state index is 9.23. The summed E-state index contributed by atoms with van der Waals surface area (Å²) < 4.78 is 0. The first-order valence-corrected chi connectivity index (χ1v) is 7.90. The zero-order valence-electron chi connectivity index (χ0n) is 11.9. The Kier molecular flexibility index (Phi) is 3.64. The molecule has 21 heavy (non-hydrogen) atoms. The number of rotatable bonds is 2. The average Bonchev–Trinajstić information content (AvgIpc) is 2.53. The Labute approximate surface area is 128 Å². The number of pyridine rings is 1. The van der Waals surface area contributed by atoms with Crippen molar-refractivity contribution in [2.75, 3.05) is 6.26 Å². The number of hydrogen-bond acceptors (Lipinski definition) is 3. The lowest BCUT2D eigenvalue weighted by molar-refractivity contribution is 1.14. The Bertz CT molecular complexity index is 863. The van der Waals surface area contributed by atoms with Crippen LogP contribution >= 0.6 is 11.8 Å². The molecule has 0 aliphatic carbocycles. The Morgan fingerprint density at radius 2 is 1.81 bits per heavy atom. The van der Waals surface area contributed by atoms with Crippen molar-refractivity contribution < 1.29 is 0 Å². The van der Waals surface area contributed by atoms with E-state index in [0.29, 0.717) is 5.56 Å². The van der Waals surface area contributed by atoms with Gasteiger partial charge in [-0.3, -0.25) is 4.98 Å². The maximum atomic E-state index is 9.23. The van der Waals surface area contributed by atoms with Gasteiger partial charge in [0.15, 0.2) is 0 Å². The molecule has 2 aromatic carbocycles. The molecule has 0 bridgehead atoms. The van der Waals surface area contributed by atoms with E-state index in [1.54, 1.807) is 11.8 Å². The summed E-state index contributed by atoms with van der Waals surface area (Å²) in [5, 5.41) is 11.6. The Balaban J connectivity index is 2.18. The standard InChI is InChI=1S/C18H14N2S/c1-12-16(11-19)18(21-2)10-17(20-12)15-8-7-13-5-3-4-6-14(13)9-15/h3-10H,1-2H3. The maximum Gasteiger partial charge on any atom is 0.102 e. The van der Waals surface area contributed by atoms with Crippen molar-refractivity contribution in [1.29, 1.82) is 5.26 Å². The molecule has 0 aliphatic heterocycles. The Hall–Kier alpha value is -2.31. The van der Waals surface area contributed by atoms with E-state index in [2.05, 4.69) is 41.4 Å². The fourth-order valence-electron chi connectivity index (χ4n) is 2.44. The first-order chi connectivity index (χ1) is 10.2. The topological polar surface area (TPSA) is 36.7 Å². The minimum atomic E-state index is 0.673. The van der Waals surface area contributed by atoms with Crippen LogP contribution < -0.4 is 0 Å². The zero-order valence-corrected chi connectivity index (χ0v) is 12.7. The van der Waals surface area contributed by atoms with Gasteiger partial charge < -0.3 is 0 Å². The fraction of sp³-hybridized carbons (Fsp3) is 0.111. The Morgan fingerprint density at radius 3 is 2.52 bits per heavy atom. The monoisotopic (exact) mass is 290 g/mol. The van der Waals surface area contributed by atoms with E-state index in [1.165, 1.54) is 10.8 Å². The molecule has 3 aromatic rings. The van der Waals surface area contributed by atoms with Gasteiger partial charge in [-0.25, -0.2) is 0 Å². The summed E-state index contributed by atoms with van der Waals surface area (Å²) in [6.07, 6.45) is 1.99. The largest absolute Gasteiger partial charge is 0.252 e. The van der Waals surface area contributed by atoms with Crippen LogP contribution in [-0.2, 0) is 0 Å². The van der Waals surface area contributed by atoms with Gasteiger partial charge in [-0.2, -0.15) is 5.26 Å². The molecule has 3 heteroatoms. The fourth-order valence-corrected chi connectivity index (χ4v) is 3.06. The third-order valence-electron chi connectivity index (χ3n) is 3.54. The molecular weight excluding hydrogens is 276 g/mol. The smallest absolute Gasteiger partial charge is 0.102 e. The summed E-state index contributed by atoms with van der Waals surface area (Å²) in [7, 11) is 0. The van der Waals surface area contributed by atoms with E-state index in [-0.39, 0.29) is 0 Å². The number of benzene rings is 2. The highest BCUT2D eigenvalue weighted by molar-refractivity contribution is 7.98. The summed E-state index contributed by atoms with van der Waals surface area (Å²) in [4.78, 5) is 5.57. The molecular formula is C18H14N2S. The highest BCUT2D eigenvalue weighted by Gasteiger charge is 2.10. The predicted molar refractivity (Wildman–Crippen MR) is 88.4 cm³/mol. The minimum absolute atomic E-state index is 0.673. The number of hydrogen-bond donors (Lipinski definition) is 0. The number of thioether (sulfide) groups is 1. The number of fused-ring (bicyclic) bond motifs is 1. The van der Waals surface area contributed by atoms with Crippen molar-refractivity contribution in [2.24, 2.45) is 0 Å². The number of aryl methyl sites for hydroxylation is 1. The van der Waals surface area contributed by atoms with Crippen molar-refractivity contribution in [3.63, 3.8) is 0 Å². The summed E-state index contributed by atoms with van der Waals surface area (Å²) >= 11 is 1.58.